The molecule has 1 amide bonds. The van der Waals surface area contributed by atoms with Gasteiger partial charge in [-0.15, -0.1) is 0 Å². The third kappa shape index (κ3) is 4.42. The van der Waals surface area contributed by atoms with Crippen LogP contribution in [0.25, 0.3) is 0 Å². The van der Waals surface area contributed by atoms with Gasteiger partial charge in [0.15, 0.2) is 0 Å². The smallest absolute Gasteiger partial charge is 0.305 e. The zero-order valence-corrected chi connectivity index (χ0v) is 12.3. The molecule has 0 aliphatic heterocycles. The summed E-state index contributed by atoms with van der Waals surface area (Å²) >= 11 is 5.92. The number of nitro benzene ring substituents is 1. The minimum atomic E-state index is -1.03. The molecule has 0 aliphatic carbocycles. The summed E-state index contributed by atoms with van der Waals surface area (Å²) in [6, 6.07) is 3.33. The lowest BCUT2D eigenvalue weighted by atomic mass is 10.1. The molecule has 0 unspecified atom stereocenters. The summed E-state index contributed by atoms with van der Waals surface area (Å²) in [5.41, 5.74) is -0.255. The van der Waals surface area contributed by atoms with Gasteiger partial charge in [0.2, 0.25) is 0 Å². The Bertz CT molecular complexity index is 574. The number of aliphatic carboxylic acids is 1. The summed E-state index contributed by atoms with van der Waals surface area (Å²) in [5.74, 6) is -1.56. The number of carbonyl (C=O) groups is 2. The fourth-order valence-electron chi connectivity index (χ4n) is 1.76. The first-order chi connectivity index (χ1) is 9.73. The molecule has 1 aromatic carbocycles. The number of amides is 1. The number of carboxylic acid groups (broad SMARTS) is 1. The molecule has 0 heterocycles. The van der Waals surface area contributed by atoms with Crippen molar-refractivity contribution < 1.29 is 19.6 Å². The van der Waals surface area contributed by atoms with Crippen LogP contribution in [-0.2, 0) is 4.79 Å². The van der Waals surface area contributed by atoms with Crippen molar-refractivity contribution in [3.05, 3.63) is 38.9 Å². The zero-order chi connectivity index (χ0) is 16.2. The van der Waals surface area contributed by atoms with Crippen molar-refractivity contribution >= 4 is 29.2 Å². The average molecular weight is 315 g/mol. The van der Waals surface area contributed by atoms with E-state index >= 15 is 0 Å². The van der Waals surface area contributed by atoms with E-state index in [1.54, 1.807) is 13.8 Å². The number of nitro groups is 1. The van der Waals surface area contributed by atoms with Gasteiger partial charge >= 0.3 is 5.97 Å². The number of carbonyl (C=O) groups excluding carboxylic acids is 1. The summed E-state index contributed by atoms with van der Waals surface area (Å²) in [6.07, 6.45) is -0.212. The SMILES string of the molecule is CC(C)N(CCC(=O)O)C(=O)c1cc([N+](=O)[O-])ccc1Cl. The Morgan fingerprint density at radius 2 is 2.05 bits per heavy atom. The van der Waals surface area contributed by atoms with Gasteiger partial charge in [-0.25, -0.2) is 0 Å². The minimum Gasteiger partial charge on any atom is -0.481 e. The molecule has 0 bridgehead atoms. The normalized spacial score (nSPS) is 10.5. The van der Waals surface area contributed by atoms with Gasteiger partial charge in [0.1, 0.15) is 0 Å². The summed E-state index contributed by atoms with van der Waals surface area (Å²) in [6.45, 7) is 3.46. The summed E-state index contributed by atoms with van der Waals surface area (Å²) in [4.78, 5) is 34.5. The van der Waals surface area contributed by atoms with Crippen molar-refractivity contribution in [1.82, 2.24) is 4.90 Å². The minimum absolute atomic E-state index is 0.00482. The molecular weight excluding hydrogens is 300 g/mol. The van der Waals surface area contributed by atoms with Crippen LogP contribution in [0.4, 0.5) is 5.69 Å². The third-order valence-electron chi connectivity index (χ3n) is 2.84. The average Bonchev–Trinajstić information content (AvgIpc) is 2.38. The van der Waals surface area contributed by atoms with E-state index in [0.29, 0.717) is 0 Å². The topological polar surface area (TPSA) is 101 Å². The van der Waals surface area contributed by atoms with Crippen molar-refractivity contribution in [1.29, 1.82) is 0 Å². The van der Waals surface area contributed by atoms with Crippen molar-refractivity contribution in [3.8, 4) is 0 Å². The van der Waals surface area contributed by atoms with Crippen LogP contribution in [0, 0.1) is 10.1 Å². The molecule has 7 nitrogen and oxygen atoms in total. The largest absolute Gasteiger partial charge is 0.481 e. The third-order valence-corrected chi connectivity index (χ3v) is 3.17. The second-order valence-corrected chi connectivity index (χ2v) is 5.06. The van der Waals surface area contributed by atoms with Crippen LogP contribution in [0.2, 0.25) is 5.02 Å². The summed E-state index contributed by atoms with van der Waals surface area (Å²) in [7, 11) is 0. The highest BCUT2D eigenvalue weighted by molar-refractivity contribution is 6.33. The van der Waals surface area contributed by atoms with Gasteiger partial charge in [0.05, 0.1) is 21.9 Å². The first-order valence-electron chi connectivity index (χ1n) is 6.20. The van der Waals surface area contributed by atoms with E-state index in [4.69, 9.17) is 16.7 Å². The number of hydrogen-bond acceptors (Lipinski definition) is 4. The fraction of sp³-hybridized carbons (Fsp3) is 0.385. The molecular formula is C13H15ClN2O5. The van der Waals surface area contributed by atoms with Crippen LogP contribution in [0.1, 0.15) is 30.6 Å². The van der Waals surface area contributed by atoms with Crippen molar-refractivity contribution in [2.45, 2.75) is 26.3 Å². The van der Waals surface area contributed by atoms with Gasteiger partial charge in [-0.05, 0) is 19.9 Å². The molecule has 0 atom stereocenters. The van der Waals surface area contributed by atoms with Gasteiger partial charge in [0, 0.05) is 24.7 Å². The second-order valence-electron chi connectivity index (χ2n) is 4.66. The first kappa shape index (κ1) is 16.9. The molecule has 1 rings (SSSR count). The number of rotatable bonds is 6. The van der Waals surface area contributed by atoms with Crippen LogP contribution in [0.15, 0.2) is 18.2 Å². The Balaban J connectivity index is 3.11. The van der Waals surface area contributed by atoms with Crippen molar-refractivity contribution in [2.75, 3.05) is 6.54 Å². The first-order valence-corrected chi connectivity index (χ1v) is 6.58. The molecule has 0 aromatic heterocycles. The molecule has 0 saturated carbocycles. The lowest BCUT2D eigenvalue weighted by Gasteiger charge is -2.26. The Labute approximate surface area is 126 Å². The van der Waals surface area contributed by atoms with E-state index in [9.17, 15) is 19.7 Å². The number of hydrogen-bond donors (Lipinski definition) is 1. The molecule has 1 N–H and O–H groups in total. The number of non-ortho nitro benzene ring substituents is 1. The summed E-state index contributed by atoms with van der Waals surface area (Å²) < 4.78 is 0. The maximum absolute atomic E-state index is 12.4. The van der Waals surface area contributed by atoms with Gasteiger partial charge in [-0.2, -0.15) is 0 Å². The lowest BCUT2D eigenvalue weighted by Crippen LogP contribution is -2.38. The van der Waals surface area contributed by atoms with E-state index in [-0.39, 0.29) is 35.3 Å². The Kier molecular flexibility index (Phi) is 5.66. The van der Waals surface area contributed by atoms with Crippen LogP contribution in [0.3, 0.4) is 0 Å². The van der Waals surface area contributed by atoms with Gasteiger partial charge in [-0.1, -0.05) is 11.6 Å². The van der Waals surface area contributed by atoms with E-state index < -0.39 is 16.8 Å². The van der Waals surface area contributed by atoms with E-state index in [0.717, 1.165) is 6.07 Å². The van der Waals surface area contributed by atoms with Crippen LogP contribution in [-0.4, -0.2) is 39.4 Å². The molecule has 8 heteroatoms. The maximum Gasteiger partial charge on any atom is 0.305 e. The Morgan fingerprint density at radius 1 is 1.43 bits per heavy atom. The van der Waals surface area contributed by atoms with Crippen LogP contribution in [0.5, 0.6) is 0 Å². The lowest BCUT2D eigenvalue weighted by molar-refractivity contribution is -0.384. The van der Waals surface area contributed by atoms with Crippen molar-refractivity contribution in [2.24, 2.45) is 0 Å². The molecule has 0 aliphatic rings. The summed E-state index contributed by atoms with van der Waals surface area (Å²) in [5, 5.41) is 19.6. The molecule has 0 saturated heterocycles. The quantitative estimate of drug-likeness (QED) is 0.642. The molecule has 21 heavy (non-hydrogen) atoms. The predicted molar refractivity (Wildman–Crippen MR) is 76.5 cm³/mol. The van der Waals surface area contributed by atoms with Gasteiger partial charge in [-0.3, -0.25) is 19.7 Å². The zero-order valence-electron chi connectivity index (χ0n) is 11.6. The van der Waals surface area contributed by atoms with Crippen LogP contribution >= 0.6 is 11.6 Å². The highest BCUT2D eigenvalue weighted by atomic mass is 35.5. The number of nitrogens with zero attached hydrogens (tertiary/aromatic N) is 2. The molecule has 114 valence electrons. The van der Waals surface area contributed by atoms with E-state index in [1.807, 2.05) is 0 Å². The standard InChI is InChI=1S/C13H15ClN2O5/c1-8(2)15(6-5-12(17)18)13(19)10-7-9(16(20)21)3-4-11(10)14/h3-4,7-8H,5-6H2,1-2H3,(H,17,18). The van der Waals surface area contributed by atoms with Gasteiger partial charge < -0.3 is 10.0 Å². The van der Waals surface area contributed by atoms with Gasteiger partial charge in [0.25, 0.3) is 11.6 Å². The second kappa shape index (κ2) is 7.03. The maximum atomic E-state index is 12.4. The molecule has 1 aromatic rings. The Morgan fingerprint density at radius 3 is 2.52 bits per heavy atom. The van der Waals surface area contributed by atoms with E-state index in [2.05, 4.69) is 0 Å². The monoisotopic (exact) mass is 314 g/mol. The predicted octanol–water partition coefficient (Wildman–Crippen LogP) is 2.57. The highest BCUT2D eigenvalue weighted by Gasteiger charge is 2.23. The molecule has 0 radical (unpaired) electrons. The Hall–Kier alpha value is -2.15. The highest BCUT2D eigenvalue weighted by Crippen LogP contribution is 2.24. The number of carboxylic acids is 1. The molecule has 0 fully saturated rings. The number of benzene rings is 1. The van der Waals surface area contributed by atoms with E-state index in [1.165, 1.54) is 17.0 Å². The van der Waals surface area contributed by atoms with Crippen molar-refractivity contribution in [3.63, 3.8) is 0 Å². The van der Waals surface area contributed by atoms with Crippen LogP contribution < -0.4 is 0 Å². The fourth-order valence-corrected chi connectivity index (χ4v) is 1.95. The number of halogens is 1. The molecule has 0 spiro atoms.